The molecule has 0 radical (unpaired) electrons. The number of benzene rings is 1. The summed E-state index contributed by atoms with van der Waals surface area (Å²) in [5, 5.41) is 11.8. The van der Waals surface area contributed by atoms with Gasteiger partial charge in [0, 0.05) is 6.54 Å². The molecule has 18 heavy (non-hydrogen) atoms. The van der Waals surface area contributed by atoms with E-state index in [-0.39, 0.29) is 17.9 Å². The molecule has 1 fully saturated rings. The van der Waals surface area contributed by atoms with E-state index >= 15 is 0 Å². The molecule has 1 aromatic carbocycles. The van der Waals surface area contributed by atoms with E-state index in [0.717, 1.165) is 5.56 Å². The molecule has 1 amide bonds. The van der Waals surface area contributed by atoms with Crippen LogP contribution in [0.1, 0.15) is 35.7 Å². The number of hydrogen-bond acceptors (Lipinski definition) is 2. The number of carboxylic acid groups (broad SMARTS) is 1. The minimum atomic E-state index is -0.970. The summed E-state index contributed by atoms with van der Waals surface area (Å²) in [6.07, 6.45) is 2.57. The van der Waals surface area contributed by atoms with Gasteiger partial charge in [0.2, 0.25) is 5.91 Å². The Hall–Kier alpha value is -1.84. The van der Waals surface area contributed by atoms with Gasteiger partial charge < -0.3 is 10.4 Å². The Bertz CT molecular complexity index is 478. The highest BCUT2D eigenvalue weighted by atomic mass is 16.4. The second-order valence-corrected chi connectivity index (χ2v) is 5.27. The number of hydrogen-bond donors (Lipinski definition) is 2. The van der Waals surface area contributed by atoms with Crippen LogP contribution in [0.2, 0.25) is 0 Å². The van der Waals surface area contributed by atoms with E-state index in [0.29, 0.717) is 12.0 Å². The Morgan fingerprint density at radius 3 is 2.72 bits per heavy atom. The fourth-order valence-corrected chi connectivity index (χ4v) is 1.76. The van der Waals surface area contributed by atoms with Gasteiger partial charge in [-0.05, 0) is 36.0 Å². The van der Waals surface area contributed by atoms with Crippen molar-refractivity contribution in [1.29, 1.82) is 0 Å². The lowest BCUT2D eigenvalue weighted by molar-refractivity contribution is -0.120. The average molecular weight is 247 g/mol. The Balaban J connectivity index is 1.90. The van der Waals surface area contributed by atoms with E-state index in [4.69, 9.17) is 5.11 Å². The number of carbonyl (C=O) groups is 2. The maximum atomic E-state index is 11.7. The smallest absolute Gasteiger partial charge is 0.335 e. The SMILES string of the molecule is CC1(CNC(=O)Cc2cccc(C(=O)O)c2)CC1. The second kappa shape index (κ2) is 4.80. The maximum Gasteiger partial charge on any atom is 0.335 e. The lowest BCUT2D eigenvalue weighted by atomic mass is 10.1. The quantitative estimate of drug-likeness (QED) is 0.834. The number of nitrogens with one attached hydrogen (secondary N) is 1. The third kappa shape index (κ3) is 3.32. The first-order valence-electron chi connectivity index (χ1n) is 6.07. The van der Waals surface area contributed by atoms with Gasteiger partial charge in [0.1, 0.15) is 0 Å². The van der Waals surface area contributed by atoms with Crippen molar-refractivity contribution in [3.8, 4) is 0 Å². The molecule has 0 atom stereocenters. The standard InChI is InChI=1S/C14H17NO3/c1-14(5-6-14)9-15-12(16)8-10-3-2-4-11(7-10)13(17)18/h2-4,7H,5-6,8-9H2,1H3,(H,15,16)(H,17,18). The zero-order chi connectivity index (χ0) is 13.2. The van der Waals surface area contributed by atoms with E-state index in [1.807, 2.05) is 0 Å². The van der Waals surface area contributed by atoms with Gasteiger partial charge >= 0.3 is 5.97 Å². The lowest BCUT2D eigenvalue weighted by Crippen LogP contribution is -2.30. The normalized spacial score (nSPS) is 16.1. The Morgan fingerprint density at radius 1 is 1.39 bits per heavy atom. The molecule has 4 nitrogen and oxygen atoms in total. The first-order chi connectivity index (χ1) is 8.48. The first kappa shape index (κ1) is 12.6. The van der Waals surface area contributed by atoms with Crippen molar-refractivity contribution in [3.05, 3.63) is 35.4 Å². The van der Waals surface area contributed by atoms with Gasteiger partial charge in [-0.25, -0.2) is 4.79 Å². The highest BCUT2D eigenvalue weighted by molar-refractivity contribution is 5.88. The third-order valence-electron chi connectivity index (χ3n) is 3.35. The van der Waals surface area contributed by atoms with Crippen LogP contribution in [0.15, 0.2) is 24.3 Å². The van der Waals surface area contributed by atoms with Gasteiger partial charge in [-0.15, -0.1) is 0 Å². The molecule has 0 bridgehead atoms. The molecule has 0 spiro atoms. The zero-order valence-electron chi connectivity index (χ0n) is 10.4. The van der Waals surface area contributed by atoms with Crippen molar-refractivity contribution in [1.82, 2.24) is 5.32 Å². The fourth-order valence-electron chi connectivity index (χ4n) is 1.76. The number of aromatic carboxylic acids is 1. The number of carbonyl (C=O) groups excluding carboxylic acids is 1. The van der Waals surface area contributed by atoms with Crippen molar-refractivity contribution >= 4 is 11.9 Å². The van der Waals surface area contributed by atoms with Crippen molar-refractivity contribution in [2.45, 2.75) is 26.2 Å². The highest BCUT2D eigenvalue weighted by Gasteiger charge is 2.37. The molecule has 4 heteroatoms. The van der Waals surface area contributed by atoms with Gasteiger partial charge in [-0.1, -0.05) is 19.1 Å². The van der Waals surface area contributed by atoms with E-state index < -0.39 is 5.97 Å². The van der Waals surface area contributed by atoms with Gasteiger partial charge in [0.05, 0.1) is 12.0 Å². The van der Waals surface area contributed by atoms with Crippen molar-refractivity contribution in [2.75, 3.05) is 6.54 Å². The molecule has 96 valence electrons. The molecule has 1 saturated carbocycles. The largest absolute Gasteiger partial charge is 0.478 e. The van der Waals surface area contributed by atoms with E-state index in [2.05, 4.69) is 12.2 Å². The molecule has 0 heterocycles. The Morgan fingerprint density at radius 2 is 2.11 bits per heavy atom. The molecular weight excluding hydrogens is 230 g/mol. The Labute approximate surface area is 106 Å². The van der Waals surface area contributed by atoms with Crippen molar-refractivity contribution in [2.24, 2.45) is 5.41 Å². The number of carboxylic acids is 1. The summed E-state index contributed by atoms with van der Waals surface area (Å²) in [6.45, 7) is 2.86. The van der Waals surface area contributed by atoms with Gasteiger partial charge in [0.25, 0.3) is 0 Å². The highest BCUT2D eigenvalue weighted by Crippen LogP contribution is 2.43. The predicted octanol–water partition coefficient (Wildman–Crippen LogP) is 1.84. The summed E-state index contributed by atoms with van der Waals surface area (Å²) in [5.41, 5.74) is 1.24. The van der Waals surface area contributed by atoms with Crippen LogP contribution < -0.4 is 5.32 Å². The molecule has 1 aromatic rings. The van der Waals surface area contributed by atoms with E-state index in [9.17, 15) is 9.59 Å². The lowest BCUT2D eigenvalue weighted by Gasteiger charge is -2.10. The zero-order valence-corrected chi connectivity index (χ0v) is 10.4. The van der Waals surface area contributed by atoms with Crippen LogP contribution >= 0.6 is 0 Å². The summed E-state index contributed by atoms with van der Waals surface area (Å²) in [6, 6.07) is 6.49. The summed E-state index contributed by atoms with van der Waals surface area (Å²) in [7, 11) is 0. The van der Waals surface area contributed by atoms with Crippen LogP contribution in [-0.4, -0.2) is 23.5 Å². The fraction of sp³-hybridized carbons (Fsp3) is 0.429. The van der Waals surface area contributed by atoms with Crippen molar-refractivity contribution in [3.63, 3.8) is 0 Å². The summed E-state index contributed by atoms with van der Waals surface area (Å²) >= 11 is 0. The van der Waals surface area contributed by atoms with Crippen LogP contribution in [0.25, 0.3) is 0 Å². The third-order valence-corrected chi connectivity index (χ3v) is 3.35. The van der Waals surface area contributed by atoms with Gasteiger partial charge in [-0.3, -0.25) is 4.79 Å². The van der Waals surface area contributed by atoms with Gasteiger partial charge in [-0.2, -0.15) is 0 Å². The van der Waals surface area contributed by atoms with Crippen molar-refractivity contribution < 1.29 is 14.7 Å². The summed E-state index contributed by atoms with van der Waals surface area (Å²) in [5.74, 6) is -1.02. The Kier molecular flexibility index (Phi) is 3.36. The van der Waals surface area contributed by atoms with Crippen LogP contribution in [0.4, 0.5) is 0 Å². The summed E-state index contributed by atoms with van der Waals surface area (Å²) < 4.78 is 0. The molecular formula is C14H17NO3. The first-order valence-corrected chi connectivity index (χ1v) is 6.07. The topological polar surface area (TPSA) is 66.4 Å². The van der Waals surface area contributed by atoms with Crippen LogP contribution in [-0.2, 0) is 11.2 Å². The minimum absolute atomic E-state index is 0.0503. The molecule has 1 aliphatic rings. The number of rotatable bonds is 5. The van der Waals surface area contributed by atoms with Gasteiger partial charge in [0.15, 0.2) is 0 Å². The molecule has 0 saturated heterocycles. The molecule has 0 aromatic heterocycles. The molecule has 0 aliphatic heterocycles. The maximum absolute atomic E-state index is 11.7. The molecule has 2 N–H and O–H groups in total. The average Bonchev–Trinajstić information content (AvgIpc) is 3.06. The van der Waals surface area contributed by atoms with Crippen LogP contribution in [0.5, 0.6) is 0 Å². The predicted molar refractivity (Wildman–Crippen MR) is 67.5 cm³/mol. The minimum Gasteiger partial charge on any atom is -0.478 e. The molecule has 0 unspecified atom stereocenters. The summed E-state index contributed by atoms with van der Waals surface area (Å²) in [4.78, 5) is 22.5. The molecule has 2 rings (SSSR count). The molecule has 1 aliphatic carbocycles. The van der Waals surface area contributed by atoms with E-state index in [1.54, 1.807) is 18.2 Å². The monoisotopic (exact) mass is 247 g/mol. The van der Waals surface area contributed by atoms with Crippen LogP contribution in [0.3, 0.4) is 0 Å². The van der Waals surface area contributed by atoms with E-state index in [1.165, 1.54) is 18.9 Å². The number of amides is 1. The second-order valence-electron chi connectivity index (χ2n) is 5.27. The van der Waals surface area contributed by atoms with Crippen LogP contribution in [0, 0.1) is 5.41 Å².